The summed E-state index contributed by atoms with van der Waals surface area (Å²) in [6.07, 6.45) is 3.45. The zero-order valence-electron chi connectivity index (χ0n) is 13.3. The number of nitriles is 1. The Morgan fingerprint density at radius 2 is 2.17 bits per heavy atom. The van der Waals surface area contributed by atoms with Gasteiger partial charge >= 0.3 is 0 Å². The zero-order valence-corrected chi connectivity index (χ0v) is 13.3. The Labute approximate surface area is 135 Å². The van der Waals surface area contributed by atoms with Gasteiger partial charge in [-0.2, -0.15) is 5.26 Å². The molecule has 1 atom stereocenters. The van der Waals surface area contributed by atoms with Gasteiger partial charge < -0.3 is 9.47 Å². The number of hydrogen-bond donors (Lipinski definition) is 0. The van der Waals surface area contributed by atoms with Crippen LogP contribution in [0.25, 0.3) is 11.0 Å². The highest BCUT2D eigenvalue weighted by molar-refractivity contribution is 5.88. The lowest BCUT2D eigenvalue weighted by Gasteiger charge is -2.33. The number of para-hydroxylation sites is 2. The molecule has 1 aromatic carbocycles. The van der Waals surface area contributed by atoms with Gasteiger partial charge in [-0.15, -0.1) is 0 Å². The summed E-state index contributed by atoms with van der Waals surface area (Å²) in [5, 5.41) is 9.27. The van der Waals surface area contributed by atoms with Gasteiger partial charge in [-0.25, -0.2) is 4.98 Å². The summed E-state index contributed by atoms with van der Waals surface area (Å²) in [5.74, 6) is 1.33. The lowest BCUT2D eigenvalue weighted by molar-refractivity contribution is -0.136. The van der Waals surface area contributed by atoms with E-state index in [1.165, 1.54) is 0 Å². The van der Waals surface area contributed by atoms with Crippen molar-refractivity contribution < 1.29 is 4.79 Å². The first-order valence-corrected chi connectivity index (χ1v) is 8.27. The van der Waals surface area contributed by atoms with E-state index in [2.05, 4.69) is 16.7 Å². The number of fused-ring (bicyclic) bond motifs is 1. The van der Waals surface area contributed by atoms with Crippen LogP contribution in [0.15, 0.2) is 24.3 Å². The average Bonchev–Trinajstić information content (AvgIpc) is 3.33. The van der Waals surface area contributed by atoms with Gasteiger partial charge in [0.15, 0.2) is 0 Å². The minimum atomic E-state index is -0.714. The Morgan fingerprint density at radius 1 is 1.39 bits per heavy atom. The number of hydrogen-bond acceptors (Lipinski definition) is 3. The van der Waals surface area contributed by atoms with Crippen LogP contribution in [-0.4, -0.2) is 33.4 Å². The quantitative estimate of drug-likeness (QED) is 0.856. The van der Waals surface area contributed by atoms with Crippen LogP contribution in [0.4, 0.5) is 0 Å². The monoisotopic (exact) mass is 308 g/mol. The molecule has 2 aliphatic rings. The van der Waals surface area contributed by atoms with Crippen LogP contribution in [0.5, 0.6) is 0 Å². The topological polar surface area (TPSA) is 61.9 Å². The molecule has 0 bridgehead atoms. The number of benzene rings is 1. The second-order valence-electron chi connectivity index (χ2n) is 6.80. The van der Waals surface area contributed by atoms with E-state index in [0.717, 1.165) is 49.1 Å². The molecule has 2 aromatic rings. The maximum Gasteiger partial charge on any atom is 0.243 e. The number of piperidine rings is 1. The maximum absolute atomic E-state index is 12.6. The fourth-order valence-electron chi connectivity index (χ4n) is 3.70. The van der Waals surface area contributed by atoms with Gasteiger partial charge in [0, 0.05) is 26.1 Å². The van der Waals surface area contributed by atoms with Crippen LogP contribution in [0.1, 0.15) is 37.4 Å². The van der Waals surface area contributed by atoms with E-state index in [0.29, 0.717) is 6.54 Å². The fourth-order valence-corrected chi connectivity index (χ4v) is 3.70. The number of imidazole rings is 1. The molecule has 2 fully saturated rings. The molecule has 2 heterocycles. The van der Waals surface area contributed by atoms with Crippen LogP contribution in [0.2, 0.25) is 0 Å². The number of nitrogens with zero attached hydrogens (tertiary/aromatic N) is 4. The fraction of sp³-hybridized carbons (Fsp3) is 0.500. The molecule has 1 aliphatic carbocycles. The van der Waals surface area contributed by atoms with Crippen molar-refractivity contribution in [2.24, 2.45) is 12.5 Å². The third-order valence-corrected chi connectivity index (χ3v) is 5.27. The predicted molar refractivity (Wildman–Crippen MR) is 86.5 cm³/mol. The Morgan fingerprint density at radius 3 is 2.87 bits per heavy atom. The van der Waals surface area contributed by atoms with Gasteiger partial charge in [0.2, 0.25) is 5.91 Å². The Hall–Kier alpha value is -2.35. The van der Waals surface area contributed by atoms with Crippen molar-refractivity contribution in [1.29, 1.82) is 5.26 Å². The molecule has 118 valence electrons. The van der Waals surface area contributed by atoms with Crippen LogP contribution < -0.4 is 0 Å². The molecule has 0 spiro atoms. The summed E-state index contributed by atoms with van der Waals surface area (Å²) in [6, 6.07) is 10.3. The number of carbonyl (C=O) groups is 1. The largest absolute Gasteiger partial charge is 0.341 e. The normalized spacial score (nSPS) is 22.8. The average molecular weight is 308 g/mol. The molecule has 4 rings (SSSR count). The van der Waals surface area contributed by atoms with Crippen LogP contribution >= 0.6 is 0 Å². The van der Waals surface area contributed by atoms with Crippen molar-refractivity contribution >= 4 is 16.9 Å². The summed E-state index contributed by atoms with van der Waals surface area (Å²) in [5.41, 5.74) is 1.42. The molecule has 23 heavy (non-hydrogen) atoms. The van der Waals surface area contributed by atoms with Crippen molar-refractivity contribution in [2.45, 2.75) is 31.6 Å². The number of rotatable bonds is 2. The van der Waals surface area contributed by atoms with E-state index in [-0.39, 0.29) is 11.8 Å². The van der Waals surface area contributed by atoms with Crippen molar-refractivity contribution in [3.05, 3.63) is 30.1 Å². The maximum atomic E-state index is 12.6. The van der Waals surface area contributed by atoms with Gasteiger partial charge in [0.25, 0.3) is 0 Å². The van der Waals surface area contributed by atoms with E-state index in [4.69, 9.17) is 4.98 Å². The summed E-state index contributed by atoms with van der Waals surface area (Å²) in [6.45, 7) is 1.45. The molecule has 1 amide bonds. The lowest BCUT2D eigenvalue weighted by Crippen LogP contribution is -2.43. The smallest absolute Gasteiger partial charge is 0.243 e. The highest BCUT2D eigenvalue weighted by Gasteiger charge is 2.53. The molecule has 0 N–H and O–H groups in total. The number of amides is 1. The summed E-state index contributed by atoms with van der Waals surface area (Å²) in [7, 11) is 2.04. The zero-order chi connectivity index (χ0) is 16.0. The molecule has 5 nitrogen and oxygen atoms in total. The van der Waals surface area contributed by atoms with Crippen LogP contribution in [0, 0.1) is 16.7 Å². The number of carbonyl (C=O) groups excluding carboxylic acids is 1. The van der Waals surface area contributed by atoms with Gasteiger partial charge in [-0.05, 0) is 37.8 Å². The molecule has 1 aromatic heterocycles. The number of aryl methyl sites for hydroxylation is 1. The highest BCUT2D eigenvalue weighted by atomic mass is 16.2. The van der Waals surface area contributed by atoms with Crippen molar-refractivity contribution in [3.63, 3.8) is 0 Å². The standard InChI is InChI=1S/C18H20N4O/c1-21-15-7-3-2-6-14(15)20-16(21)13-5-4-10-22(11-13)17(23)18(12-19)8-9-18/h2-3,6-7,13H,4-5,8-11H2,1H3. The van der Waals surface area contributed by atoms with Crippen molar-refractivity contribution in [2.75, 3.05) is 13.1 Å². The highest BCUT2D eigenvalue weighted by Crippen LogP contribution is 2.47. The van der Waals surface area contributed by atoms with Crippen molar-refractivity contribution in [3.8, 4) is 6.07 Å². The van der Waals surface area contributed by atoms with Gasteiger partial charge in [-0.3, -0.25) is 4.79 Å². The first-order valence-electron chi connectivity index (χ1n) is 8.27. The molecular weight excluding hydrogens is 288 g/mol. The van der Waals surface area contributed by atoms with Gasteiger partial charge in [-0.1, -0.05) is 12.1 Å². The molecular formula is C18H20N4O. The second kappa shape index (κ2) is 5.09. The third kappa shape index (κ3) is 2.21. The molecule has 1 saturated heterocycles. The summed E-state index contributed by atoms with van der Waals surface area (Å²) >= 11 is 0. The Kier molecular flexibility index (Phi) is 3.15. The van der Waals surface area contributed by atoms with E-state index < -0.39 is 5.41 Å². The minimum absolute atomic E-state index is 0.0310. The summed E-state index contributed by atoms with van der Waals surface area (Å²) in [4.78, 5) is 19.3. The lowest BCUT2D eigenvalue weighted by atomic mass is 9.95. The summed E-state index contributed by atoms with van der Waals surface area (Å²) < 4.78 is 2.14. The number of aromatic nitrogens is 2. The van der Waals surface area contributed by atoms with E-state index in [1.807, 2.05) is 30.1 Å². The first kappa shape index (κ1) is 14.3. The first-order chi connectivity index (χ1) is 11.1. The molecule has 1 saturated carbocycles. The Bertz CT molecular complexity index is 812. The van der Waals surface area contributed by atoms with E-state index in [1.54, 1.807) is 0 Å². The predicted octanol–water partition coefficient (Wildman–Crippen LogP) is 2.58. The van der Waals surface area contributed by atoms with E-state index >= 15 is 0 Å². The van der Waals surface area contributed by atoms with Crippen LogP contribution in [0.3, 0.4) is 0 Å². The second-order valence-corrected chi connectivity index (χ2v) is 6.80. The van der Waals surface area contributed by atoms with Crippen molar-refractivity contribution in [1.82, 2.24) is 14.5 Å². The molecule has 1 aliphatic heterocycles. The number of likely N-dealkylation sites (tertiary alicyclic amines) is 1. The van der Waals surface area contributed by atoms with E-state index in [9.17, 15) is 10.1 Å². The SMILES string of the molecule is Cn1c(C2CCCN(C(=O)C3(C#N)CC3)C2)nc2ccccc21. The van der Waals surface area contributed by atoms with Crippen LogP contribution in [-0.2, 0) is 11.8 Å². The molecule has 5 heteroatoms. The van der Waals surface area contributed by atoms with Gasteiger partial charge in [0.1, 0.15) is 11.2 Å². The molecule has 0 radical (unpaired) electrons. The minimum Gasteiger partial charge on any atom is -0.341 e. The Balaban J connectivity index is 1.61. The van der Waals surface area contributed by atoms with Gasteiger partial charge in [0.05, 0.1) is 17.1 Å². The molecule has 1 unspecified atom stereocenters. The third-order valence-electron chi connectivity index (χ3n) is 5.27.